The molecule has 1 aromatic rings. The molecule has 1 aliphatic heterocycles. The van der Waals surface area contributed by atoms with Gasteiger partial charge in [0.1, 0.15) is 23.0 Å². The van der Waals surface area contributed by atoms with Gasteiger partial charge in [0.05, 0.1) is 0 Å². The first kappa shape index (κ1) is 14.1. The Morgan fingerprint density at radius 1 is 1.38 bits per heavy atom. The summed E-state index contributed by atoms with van der Waals surface area (Å²) in [7, 11) is 0. The van der Waals surface area contributed by atoms with Gasteiger partial charge >= 0.3 is 0 Å². The highest BCUT2D eigenvalue weighted by Crippen LogP contribution is 2.40. The minimum Gasteiger partial charge on any atom is -0.352 e. The number of aromatic nitrogens is 2. The SMILES string of the molecule is Cc1c(NN)nc(C2CC2)nc1N1CCNC(=O)C1(C)C. The third-order valence-electron chi connectivity index (χ3n) is 4.32. The number of amides is 1. The van der Waals surface area contributed by atoms with Crippen LogP contribution < -0.4 is 21.5 Å². The van der Waals surface area contributed by atoms with Crippen molar-refractivity contribution in [2.75, 3.05) is 23.4 Å². The van der Waals surface area contributed by atoms with Gasteiger partial charge in [-0.3, -0.25) is 4.79 Å². The first-order chi connectivity index (χ1) is 9.95. The van der Waals surface area contributed by atoms with E-state index >= 15 is 0 Å². The molecule has 1 saturated carbocycles. The smallest absolute Gasteiger partial charge is 0.245 e. The summed E-state index contributed by atoms with van der Waals surface area (Å²) in [5, 5.41) is 2.91. The number of nitrogens with zero attached hydrogens (tertiary/aromatic N) is 3. The van der Waals surface area contributed by atoms with Crippen molar-refractivity contribution in [2.24, 2.45) is 5.84 Å². The summed E-state index contributed by atoms with van der Waals surface area (Å²) in [6.45, 7) is 7.11. The molecule has 4 N–H and O–H groups in total. The van der Waals surface area contributed by atoms with Crippen molar-refractivity contribution in [2.45, 2.75) is 45.1 Å². The van der Waals surface area contributed by atoms with Gasteiger partial charge < -0.3 is 15.6 Å². The lowest BCUT2D eigenvalue weighted by Crippen LogP contribution is -2.62. The molecule has 2 heterocycles. The Hall–Kier alpha value is -1.89. The average molecular weight is 290 g/mol. The number of nitrogens with two attached hydrogens (primary N) is 1. The molecule has 0 bridgehead atoms. The molecule has 0 radical (unpaired) electrons. The Morgan fingerprint density at radius 2 is 2.10 bits per heavy atom. The number of carbonyl (C=O) groups excluding carboxylic acids is 1. The van der Waals surface area contributed by atoms with Crippen LogP contribution in [0.25, 0.3) is 0 Å². The van der Waals surface area contributed by atoms with Gasteiger partial charge in [-0.15, -0.1) is 0 Å². The van der Waals surface area contributed by atoms with E-state index in [0.717, 1.165) is 36.6 Å². The van der Waals surface area contributed by atoms with Gasteiger partial charge in [0.15, 0.2) is 0 Å². The third kappa shape index (κ3) is 2.31. The van der Waals surface area contributed by atoms with E-state index in [9.17, 15) is 4.79 Å². The second-order valence-electron chi connectivity index (χ2n) is 6.26. The van der Waals surface area contributed by atoms with Gasteiger partial charge in [-0.05, 0) is 33.6 Å². The van der Waals surface area contributed by atoms with Crippen molar-refractivity contribution in [3.63, 3.8) is 0 Å². The van der Waals surface area contributed by atoms with Crippen LogP contribution in [-0.2, 0) is 4.79 Å². The van der Waals surface area contributed by atoms with Crippen molar-refractivity contribution in [1.29, 1.82) is 0 Å². The molecule has 1 aliphatic carbocycles. The van der Waals surface area contributed by atoms with E-state index < -0.39 is 5.54 Å². The van der Waals surface area contributed by atoms with Crippen LogP contribution >= 0.6 is 0 Å². The molecule has 114 valence electrons. The quantitative estimate of drug-likeness (QED) is 0.559. The minimum absolute atomic E-state index is 0.0157. The maximum Gasteiger partial charge on any atom is 0.245 e. The lowest BCUT2D eigenvalue weighted by Gasteiger charge is -2.42. The second kappa shape index (κ2) is 4.84. The Bertz CT molecular complexity index is 581. The number of nitrogen functional groups attached to an aromatic ring is 1. The van der Waals surface area contributed by atoms with Crippen molar-refractivity contribution in [3.05, 3.63) is 11.4 Å². The second-order valence-corrected chi connectivity index (χ2v) is 6.26. The first-order valence-electron chi connectivity index (χ1n) is 7.36. The lowest BCUT2D eigenvalue weighted by molar-refractivity contribution is -0.126. The van der Waals surface area contributed by atoms with Gasteiger partial charge in [0, 0.05) is 24.6 Å². The molecule has 0 spiro atoms. The zero-order valence-corrected chi connectivity index (χ0v) is 12.7. The molecular weight excluding hydrogens is 268 g/mol. The molecule has 0 aromatic carbocycles. The fourth-order valence-electron chi connectivity index (χ4n) is 2.72. The standard InChI is InChI=1S/C14H22N6O/c1-8-10(19-15)17-11(9-4-5-9)18-12(8)20-7-6-16-13(21)14(20,2)3/h9H,4-7,15H2,1-3H3,(H,16,21)(H,17,18,19). The van der Waals surface area contributed by atoms with Gasteiger partial charge in [0.2, 0.25) is 5.91 Å². The minimum atomic E-state index is -0.635. The van der Waals surface area contributed by atoms with E-state index in [4.69, 9.17) is 10.8 Å². The first-order valence-corrected chi connectivity index (χ1v) is 7.36. The number of piperazine rings is 1. The van der Waals surface area contributed by atoms with Crippen LogP contribution in [0.1, 0.15) is 44.0 Å². The Kier molecular flexibility index (Phi) is 3.24. The molecule has 1 saturated heterocycles. The largest absolute Gasteiger partial charge is 0.352 e. The van der Waals surface area contributed by atoms with E-state index in [1.54, 1.807) is 0 Å². The van der Waals surface area contributed by atoms with Gasteiger partial charge in [0.25, 0.3) is 0 Å². The number of rotatable bonds is 3. The molecule has 2 fully saturated rings. The number of hydrazine groups is 1. The summed E-state index contributed by atoms with van der Waals surface area (Å²) >= 11 is 0. The molecule has 1 amide bonds. The number of hydrogen-bond acceptors (Lipinski definition) is 6. The Morgan fingerprint density at radius 3 is 2.71 bits per heavy atom. The molecule has 2 aliphatic rings. The number of carbonyl (C=O) groups is 1. The van der Waals surface area contributed by atoms with E-state index in [1.165, 1.54) is 0 Å². The van der Waals surface area contributed by atoms with Crippen molar-refractivity contribution in [3.8, 4) is 0 Å². The van der Waals surface area contributed by atoms with E-state index in [0.29, 0.717) is 18.3 Å². The zero-order chi connectivity index (χ0) is 15.2. The topological polar surface area (TPSA) is 96.2 Å². The fraction of sp³-hybridized carbons (Fsp3) is 0.643. The zero-order valence-electron chi connectivity index (χ0n) is 12.7. The lowest BCUT2D eigenvalue weighted by atomic mass is 9.98. The number of nitrogens with one attached hydrogen (secondary N) is 2. The van der Waals surface area contributed by atoms with Crippen molar-refractivity contribution < 1.29 is 4.79 Å². The van der Waals surface area contributed by atoms with Gasteiger partial charge in [-0.1, -0.05) is 0 Å². The summed E-state index contributed by atoms with van der Waals surface area (Å²) in [6.07, 6.45) is 2.24. The van der Waals surface area contributed by atoms with Crippen LogP contribution in [0, 0.1) is 6.92 Å². The molecule has 0 unspecified atom stereocenters. The summed E-state index contributed by atoms with van der Waals surface area (Å²) in [4.78, 5) is 23.4. The predicted octanol–water partition coefficient (Wildman–Crippen LogP) is 0.663. The maximum absolute atomic E-state index is 12.2. The van der Waals surface area contributed by atoms with Crippen LogP contribution in [0.2, 0.25) is 0 Å². The summed E-state index contributed by atoms with van der Waals surface area (Å²) < 4.78 is 0. The third-order valence-corrected chi connectivity index (χ3v) is 4.32. The average Bonchev–Trinajstić information content (AvgIpc) is 3.27. The van der Waals surface area contributed by atoms with Crippen molar-refractivity contribution >= 4 is 17.5 Å². The van der Waals surface area contributed by atoms with E-state index in [1.807, 2.05) is 20.8 Å². The predicted molar refractivity (Wildman–Crippen MR) is 81.0 cm³/mol. The normalized spacial score (nSPS) is 21.1. The highest BCUT2D eigenvalue weighted by atomic mass is 16.2. The van der Waals surface area contributed by atoms with Crippen LogP contribution in [0.15, 0.2) is 0 Å². The molecule has 0 atom stereocenters. The highest BCUT2D eigenvalue weighted by molar-refractivity contribution is 5.90. The molecule has 3 rings (SSSR count). The Labute approximate surface area is 124 Å². The van der Waals surface area contributed by atoms with E-state index in [2.05, 4.69) is 20.6 Å². The number of anilines is 2. The van der Waals surface area contributed by atoms with E-state index in [-0.39, 0.29) is 5.91 Å². The van der Waals surface area contributed by atoms with Crippen LogP contribution in [0.5, 0.6) is 0 Å². The Balaban J connectivity index is 2.07. The summed E-state index contributed by atoms with van der Waals surface area (Å²) in [5.41, 5.74) is 2.90. The molecule has 7 nitrogen and oxygen atoms in total. The van der Waals surface area contributed by atoms with Gasteiger partial charge in [-0.25, -0.2) is 15.8 Å². The van der Waals surface area contributed by atoms with Crippen LogP contribution in [-0.4, -0.2) is 34.5 Å². The highest BCUT2D eigenvalue weighted by Gasteiger charge is 2.40. The van der Waals surface area contributed by atoms with Crippen LogP contribution in [0.3, 0.4) is 0 Å². The summed E-state index contributed by atoms with van der Waals surface area (Å²) in [6, 6.07) is 0. The fourth-order valence-corrected chi connectivity index (χ4v) is 2.72. The summed E-state index contributed by atoms with van der Waals surface area (Å²) in [5.74, 6) is 8.31. The maximum atomic E-state index is 12.2. The molecular formula is C14H22N6O. The molecule has 1 aromatic heterocycles. The molecule has 7 heteroatoms. The van der Waals surface area contributed by atoms with Crippen molar-refractivity contribution in [1.82, 2.24) is 15.3 Å². The number of hydrogen-bond donors (Lipinski definition) is 3. The van der Waals surface area contributed by atoms with Gasteiger partial charge in [-0.2, -0.15) is 0 Å². The monoisotopic (exact) mass is 290 g/mol. The van der Waals surface area contributed by atoms with Crippen LogP contribution in [0.4, 0.5) is 11.6 Å². The molecule has 21 heavy (non-hydrogen) atoms.